The fraction of sp³-hybridized carbons (Fsp3) is 0.857. The summed E-state index contributed by atoms with van der Waals surface area (Å²) in [5, 5.41) is 7.95. The SMILES string of the molecule is C[C@@](N)(CC(O)(C(F)(F)Cl)C(F)(F)Cl)C(=O)O. The Labute approximate surface area is 103 Å². The number of carbonyl (C=O) groups is 1. The highest BCUT2D eigenvalue weighted by molar-refractivity contribution is 6.26. The molecule has 1 atom stereocenters. The molecule has 102 valence electrons. The van der Waals surface area contributed by atoms with Crippen molar-refractivity contribution in [1.82, 2.24) is 0 Å². The fourth-order valence-corrected chi connectivity index (χ4v) is 1.39. The van der Waals surface area contributed by atoms with Crippen molar-refractivity contribution in [3.05, 3.63) is 0 Å². The lowest BCUT2D eigenvalue weighted by Crippen LogP contribution is -2.62. The van der Waals surface area contributed by atoms with Crippen LogP contribution in [0.5, 0.6) is 0 Å². The van der Waals surface area contributed by atoms with Crippen LogP contribution in [0.1, 0.15) is 13.3 Å². The molecule has 10 heteroatoms. The van der Waals surface area contributed by atoms with E-state index in [-0.39, 0.29) is 0 Å². The van der Waals surface area contributed by atoms with Crippen molar-refractivity contribution in [2.75, 3.05) is 0 Å². The number of halogens is 6. The highest BCUT2D eigenvalue weighted by atomic mass is 35.5. The van der Waals surface area contributed by atoms with E-state index in [1.54, 1.807) is 0 Å². The van der Waals surface area contributed by atoms with Gasteiger partial charge >= 0.3 is 16.7 Å². The van der Waals surface area contributed by atoms with Crippen LogP contribution in [-0.4, -0.2) is 38.1 Å². The first kappa shape index (κ1) is 16.7. The topological polar surface area (TPSA) is 83.5 Å². The Bertz CT molecular complexity index is 299. The number of aliphatic carboxylic acids is 1. The first-order valence-electron chi connectivity index (χ1n) is 4.03. The third kappa shape index (κ3) is 3.34. The standard InChI is InChI=1S/C7H9Cl2F4NO3/c1-4(14,3(15)16)2-5(17,6(8,10)11)7(9,12)13/h17H,2,14H2,1H3,(H,15,16)/t4-/m1/s1. The van der Waals surface area contributed by atoms with Gasteiger partial charge in [-0.05, 0) is 30.1 Å². The molecule has 0 amide bonds. The zero-order valence-corrected chi connectivity index (χ0v) is 9.87. The molecule has 0 aliphatic carbocycles. The van der Waals surface area contributed by atoms with Gasteiger partial charge in [-0.25, -0.2) is 0 Å². The van der Waals surface area contributed by atoms with Crippen molar-refractivity contribution in [3.63, 3.8) is 0 Å². The molecule has 0 fully saturated rings. The molecule has 0 saturated heterocycles. The number of hydrogen-bond acceptors (Lipinski definition) is 3. The summed E-state index contributed by atoms with van der Waals surface area (Å²) in [7, 11) is 0. The first-order valence-corrected chi connectivity index (χ1v) is 4.79. The molecular formula is C7H9Cl2F4NO3. The molecule has 0 rings (SSSR count). The molecule has 17 heavy (non-hydrogen) atoms. The summed E-state index contributed by atoms with van der Waals surface area (Å²) in [5.41, 5.74) is -1.87. The minimum Gasteiger partial charge on any atom is -0.480 e. The molecule has 0 heterocycles. The number of hydrogen-bond donors (Lipinski definition) is 3. The summed E-state index contributed by atoms with van der Waals surface area (Å²) in [6.07, 6.45) is -1.75. The van der Waals surface area contributed by atoms with Crippen LogP contribution in [-0.2, 0) is 4.79 Å². The minimum atomic E-state index is -4.87. The van der Waals surface area contributed by atoms with Gasteiger partial charge in [0.2, 0.25) is 5.60 Å². The Kier molecular flexibility index (Phi) is 4.34. The summed E-state index contributed by atoms with van der Waals surface area (Å²) >= 11 is 8.68. The third-order valence-electron chi connectivity index (χ3n) is 2.05. The predicted molar refractivity (Wildman–Crippen MR) is 51.4 cm³/mol. The highest BCUT2D eigenvalue weighted by Crippen LogP contribution is 2.49. The highest BCUT2D eigenvalue weighted by Gasteiger charge is 2.68. The van der Waals surface area contributed by atoms with Crippen LogP contribution in [0, 0.1) is 0 Å². The van der Waals surface area contributed by atoms with E-state index in [9.17, 15) is 22.4 Å². The molecule has 0 aromatic heterocycles. The smallest absolute Gasteiger partial charge is 0.357 e. The van der Waals surface area contributed by atoms with Crippen LogP contribution in [0.4, 0.5) is 17.6 Å². The van der Waals surface area contributed by atoms with E-state index in [0.717, 1.165) is 0 Å². The molecule has 0 aliphatic rings. The Morgan fingerprint density at radius 2 is 1.53 bits per heavy atom. The second-order valence-electron chi connectivity index (χ2n) is 3.76. The number of rotatable bonds is 5. The Hall–Kier alpha value is -0.310. The van der Waals surface area contributed by atoms with Crippen LogP contribution >= 0.6 is 23.2 Å². The van der Waals surface area contributed by atoms with Crippen molar-refractivity contribution >= 4 is 29.2 Å². The van der Waals surface area contributed by atoms with Gasteiger partial charge in [0, 0.05) is 6.42 Å². The summed E-state index contributed by atoms with van der Waals surface area (Å²) in [5.74, 6) is -1.88. The molecule has 0 bridgehead atoms. The Balaban J connectivity index is 5.49. The van der Waals surface area contributed by atoms with Crippen molar-refractivity contribution in [2.45, 2.75) is 35.2 Å². The Morgan fingerprint density at radius 1 is 1.24 bits per heavy atom. The number of alkyl halides is 6. The number of carboxylic acids is 1. The van der Waals surface area contributed by atoms with Gasteiger partial charge < -0.3 is 15.9 Å². The predicted octanol–water partition coefficient (Wildman–Crippen LogP) is 1.57. The quantitative estimate of drug-likeness (QED) is 0.532. The van der Waals surface area contributed by atoms with Crippen LogP contribution in [0.25, 0.3) is 0 Å². The minimum absolute atomic E-state index is 0.658. The normalized spacial score (nSPS) is 17.7. The number of carboxylic acid groups (broad SMARTS) is 1. The van der Waals surface area contributed by atoms with Gasteiger partial charge in [0.05, 0.1) is 0 Å². The molecule has 0 aromatic carbocycles. The monoisotopic (exact) mass is 301 g/mol. The van der Waals surface area contributed by atoms with Crippen molar-refractivity contribution < 1.29 is 32.6 Å². The lowest BCUT2D eigenvalue weighted by molar-refractivity contribution is -0.226. The average molecular weight is 302 g/mol. The van der Waals surface area contributed by atoms with E-state index in [4.69, 9.17) is 15.9 Å². The zero-order chi connectivity index (χ0) is 14.3. The van der Waals surface area contributed by atoms with Gasteiger partial charge in [-0.15, -0.1) is 0 Å². The van der Waals surface area contributed by atoms with E-state index >= 15 is 0 Å². The molecule has 4 N–H and O–H groups in total. The van der Waals surface area contributed by atoms with E-state index in [2.05, 4.69) is 23.2 Å². The lowest BCUT2D eigenvalue weighted by atomic mass is 9.86. The number of aliphatic hydroxyl groups is 1. The van der Waals surface area contributed by atoms with Crippen molar-refractivity contribution in [3.8, 4) is 0 Å². The average Bonchev–Trinajstić information content (AvgIpc) is 1.98. The molecule has 4 nitrogen and oxygen atoms in total. The maximum absolute atomic E-state index is 12.8. The van der Waals surface area contributed by atoms with Crippen molar-refractivity contribution in [2.24, 2.45) is 5.73 Å². The van der Waals surface area contributed by atoms with Gasteiger partial charge in [-0.2, -0.15) is 17.6 Å². The van der Waals surface area contributed by atoms with Gasteiger partial charge in [-0.3, -0.25) is 4.79 Å². The second-order valence-corrected chi connectivity index (χ2v) is 4.70. The second kappa shape index (κ2) is 4.42. The Morgan fingerprint density at radius 3 is 1.71 bits per heavy atom. The summed E-state index contributed by atoms with van der Waals surface area (Å²) < 4.78 is 51.1. The maximum Gasteiger partial charge on any atom is 0.357 e. The zero-order valence-electron chi connectivity index (χ0n) is 8.35. The van der Waals surface area contributed by atoms with Crippen LogP contribution < -0.4 is 5.73 Å². The van der Waals surface area contributed by atoms with E-state index < -0.39 is 34.3 Å². The largest absolute Gasteiger partial charge is 0.480 e. The summed E-state index contributed by atoms with van der Waals surface area (Å²) in [4.78, 5) is 10.5. The van der Waals surface area contributed by atoms with Crippen LogP contribution in [0.3, 0.4) is 0 Å². The third-order valence-corrected chi connectivity index (χ3v) is 2.67. The maximum atomic E-state index is 12.8. The summed E-state index contributed by atoms with van der Waals surface area (Å²) in [6.45, 7) is 0.658. The van der Waals surface area contributed by atoms with E-state index in [1.807, 2.05) is 0 Å². The van der Waals surface area contributed by atoms with Gasteiger partial charge in [0.15, 0.2) is 0 Å². The molecule has 0 radical (unpaired) electrons. The van der Waals surface area contributed by atoms with Gasteiger partial charge in [0.25, 0.3) is 0 Å². The molecule has 0 spiro atoms. The van der Waals surface area contributed by atoms with Gasteiger partial charge in [-0.1, -0.05) is 0 Å². The van der Waals surface area contributed by atoms with Crippen LogP contribution in [0.15, 0.2) is 0 Å². The van der Waals surface area contributed by atoms with Crippen LogP contribution in [0.2, 0.25) is 0 Å². The fourth-order valence-electron chi connectivity index (χ4n) is 0.968. The first-order chi connectivity index (χ1) is 7.15. The molecule has 0 aliphatic heterocycles. The van der Waals surface area contributed by atoms with E-state index in [1.165, 1.54) is 0 Å². The van der Waals surface area contributed by atoms with Gasteiger partial charge in [0.1, 0.15) is 5.54 Å². The van der Waals surface area contributed by atoms with Crippen molar-refractivity contribution in [1.29, 1.82) is 0 Å². The van der Waals surface area contributed by atoms with E-state index in [0.29, 0.717) is 6.92 Å². The lowest BCUT2D eigenvalue weighted by Gasteiger charge is -2.38. The molecular weight excluding hydrogens is 293 g/mol. The number of nitrogens with two attached hydrogens (primary N) is 1. The molecule has 0 aromatic rings. The molecule has 0 saturated carbocycles. The summed E-state index contributed by atoms with van der Waals surface area (Å²) in [6, 6.07) is 0. The molecule has 0 unspecified atom stereocenters.